The first-order chi connectivity index (χ1) is 7.28. The van der Waals surface area contributed by atoms with E-state index < -0.39 is 11.7 Å². The van der Waals surface area contributed by atoms with Crippen LogP contribution in [-0.4, -0.2) is 11.7 Å². The Morgan fingerprint density at radius 2 is 1.94 bits per heavy atom. The Bertz CT molecular complexity index is 397. The summed E-state index contributed by atoms with van der Waals surface area (Å²) in [7, 11) is 0. The third kappa shape index (κ3) is 3.68. The van der Waals surface area contributed by atoms with Gasteiger partial charge >= 0.3 is 6.09 Å². The van der Waals surface area contributed by atoms with Crippen molar-refractivity contribution >= 4 is 23.2 Å². The van der Waals surface area contributed by atoms with Crippen molar-refractivity contribution in [3.63, 3.8) is 0 Å². The number of nitrogen functional groups attached to an aromatic ring is 2. The van der Waals surface area contributed by atoms with Gasteiger partial charge in [-0.1, -0.05) is 0 Å². The fraction of sp³-hybridized carbons (Fsp3) is 0.364. The number of anilines is 3. The maximum atomic E-state index is 11.5. The number of nitrogens with one attached hydrogen (secondary N) is 1. The monoisotopic (exact) mass is 223 g/mol. The summed E-state index contributed by atoms with van der Waals surface area (Å²) in [5.74, 6) is 0. The van der Waals surface area contributed by atoms with E-state index in [0.29, 0.717) is 17.1 Å². The lowest BCUT2D eigenvalue weighted by atomic mass is 10.2. The molecule has 0 aliphatic rings. The molecule has 88 valence electrons. The number of hydrogen-bond donors (Lipinski definition) is 3. The zero-order valence-corrected chi connectivity index (χ0v) is 9.70. The highest BCUT2D eigenvalue weighted by Crippen LogP contribution is 2.21. The first-order valence-corrected chi connectivity index (χ1v) is 4.93. The zero-order chi connectivity index (χ0) is 12.3. The number of benzene rings is 1. The van der Waals surface area contributed by atoms with Gasteiger partial charge in [-0.05, 0) is 39.0 Å². The average molecular weight is 223 g/mol. The van der Waals surface area contributed by atoms with Crippen molar-refractivity contribution in [3.05, 3.63) is 18.2 Å². The molecule has 1 rings (SSSR count). The first kappa shape index (κ1) is 12.2. The Labute approximate surface area is 94.8 Å². The SMILES string of the molecule is CC(C)(C)OC(=O)Nc1cc(N)ccc1N. The van der Waals surface area contributed by atoms with Gasteiger partial charge in [-0.2, -0.15) is 0 Å². The van der Waals surface area contributed by atoms with Crippen LogP contribution in [0.1, 0.15) is 20.8 Å². The van der Waals surface area contributed by atoms with Crippen molar-refractivity contribution < 1.29 is 9.53 Å². The molecular formula is C11H17N3O2. The number of hydrogen-bond acceptors (Lipinski definition) is 4. The van der Waals surface area contributed by atoms with E-state index in [0.717, 1.165) is 0 Å². The summed E-state index contributed by atoms with van der Waals surface area (Å²) in [6, 6.07) is 4.87. The summed E-state index contributed by atoms with van der Waals surface area (Å²) >= 11 is 0. The molecule has 1 aromatic carbocycles. The van der Waals surface area contributed by atoms with Gasteiger partial charge in [-0.3, -0.25) is 5.32 Å². The van der Waals surface area contributed by atoms with Gasteiger partial charge in [-0.15, -0.1) is 0 Å². The van der Waals surface area contributed by atoms with Crippen molar-refractivity contribution in [1.82, 2.24) is 0 Å². The van der Waals surface area contributed by atoms with Crippen molar-refractivity contribution in [3.8, 4) is 0 Å². The molecule has 0 aliphatic heterocycles. The van der Waals surface area contributed by atoms with Gasteiger partial charge in [0.25, 0.3) is 0 Å². The van der Waals surface area contributed by atoms with Crippen LogP contribution in [0.5, 0.6) is 0 Å². The third-order valence-corrected chi connectivity index (χ3v) is 1.71. The second-order valence-electron chi connectivity index (χ2n) is 4.47. The minimum absolute atomic E-state index is 0.444. The Hall–Kier alpha value is -1.91. The van der Waals surface area contributed by atoms with Crippen LogP contribution in [0.4, 0.5) is 21.9 Å². The van der Waals surface area contributed by atoms with Gasteiger partial charge in [0, 0.05) is 5.69 Å². The zero-order valence-electron chi connectivity index (χ0n) is 9.70. The van der Waals surface area contributed by atoms with Gasteiger partial charge in [0.1, 0.15) is 5.60 Å². The minimum atomic E-state index is -0.551. The maximum absolute atomic E-state index is 11.5. The first-order valence-electron chi connectivity index (χ1n) is 4.93. The van der Waals surface area contributed by atoms with Crippen LogP contribution in [0.15, 0.2) is 18.2 Å². The Balaban J connectivity index is 2.73. The van der Waals surface area contributed by atoms with E-state index >= 15 is 0 Å². The van der Waals surface area contributed by atoms with Crippen LogP contribution in [0.2, 0.25) is 0 Å². The second-order valence-corrected chi connectivity index (χ2v) is 4.47. The Kier molecular flexibility index (Phi) is 3.27. The number of nitrogens with two attached hydrogens (primary N) is 2. The largest absolute Gasteiger partial charge is 0.444 e. The lowest BCUT2D eigenvalue weighted by Gasteiger charge is -2.20. The molecule has 16 heavy (non-hydrogen) atoms. The molecule has 0 unspecified atom stereocenters. The minimum Gasteiger partial charge on any atom is -0.444 e. The molecule has 0 heterocycles. The van der Waals surface area contributed by atoms with Crippen LogP contribution < -0.4 is 16.8 Å². The van der Waals surface area contributed by atoms with Crippen LogP contribution in [0.3, 0.4) is 0 Å². The number of amides is 1. The van der Waals surface area contributed by atoms with Gasteiger partial charge in [0.15, 0.2) is 0 Å². The molecule has 5 nitrogen and oxygen atoms in total. The molecule has 0 aliphatic carbocycles. The Morgan fingerprint density at radius 1 is 1.31 bits per heavy atom. The molecule has 0 spiro atoms. The summed E-state index contributed by atoms with van der Waals surface area (Å²) in [5, 5.41) is 2.54. The van der Waals surface area contributed by atoms with Gasteiger partial charge < -0.3 is 16.2 Å². The van der Waals surface area contributed by atoms with E-state index in [1.165, 1.54) is 0 Å². The molecule has 0 bridgehead atoms. The summed E-state index contributed by atoms with van der Waals surface area (Å²) in [6.45, 7) is 5.36. The van der Waals surface area contributed by atoms with E-state index in [1.807, 2.05) is 0 Å². The fourth-order valence-electron chi connectivity index (χ4n) is 1.10. The van der Waals surface area contributed by atoms with E-state index in [1.54, 1.807) is 39.0 Å². The topological polar surface area (TPSA) is 90.4 Å². The van der Waals surface area contributed by atoms with E-state index in [2.05, 4.69) is 5.32 Å². The quantitative estimate of drug-likeness (QED) is 0.636. The standard InChI is InChI=1S/C11H17N3O2/c1-11(2,3)16-10(15)14-9-6-7(12)4-5-8(9)13/h4-6H,12-13H2,1-3H3,(H,14,15). The number of carbonyl (C=O) groups excluding carboxylic acids is 1. The van der Waals surface area contributed by atoms with Crippen molar-refractivity contribution in [2.75, 3.05) is 16.8 Å². The fourth-order valence-corrected chi connectivity index (χ4v) is 1.10. The van der Waals surface area contributed by atoms with Crippen LogP contribution in [-0.2, 0) is 4.74 Å². The summed E-state index contributed by atoms with van der Waals surface area (Å²) in [6.07, 6.45) is -0.551. The highest BCUT2D eigenvalue weighted by atomic mass is 16.6. The molecule has 5 heteroatoms. The molecule has 1 amide bonds. The van der Waals surface area contributed by atoms with E-state index in [4.69, 9.17) is 16.2 Å². The van der Waals surface area contributed by atoms with Crippen molar-refractivity contribution in [2.24, 2.45) is 0 Å². The molecule has 0 saturated carbocycles. The smallest absolute Gasteiger partial charge is 0.412 e. The maximum Gasteiger partial charge on any atom is 0.412 e. The second kappa shape index (κ2) is 4.30. The van der Waals surface area contributed by atoms with Crippen LogP contribution >= 0.6 is 0 Å². The summed E-state index contributed by atoms with van der Waals surface area (Å²) in [5.41, 5.74) is 12.1. The predicted molar refractivity (Wildman–Crippen MR) is 65.1 cm³/mol. The number of rotatable bonds is 1. The normalized spacial score (nSPS) is 10.9. The third-order valence-electron chi connectivity index (χ3n) is 1.71. The Morgan fingerprint density at radius 3 is 2.50 bits per heavy atom. The molecule has 5 N–H and O–H groups in total. The van der Waals surface area contributed by atoms with Gasteiger partial charge in [0.2, 0.25) is 0 Å². The number of ether oxygens (including phenoxy) is 1. The highest BCUT2D eigenvalue weighted by molar-refractivity contribution is 5.90. The molecule has 0 saturated heterocycles. The van der Waals surface area contributed by atoms with E-state index in [-0.39, 0.29) is 0 Å². The summed E-state index contributed by atoms with van der Waals surface area (Å²) < 4.78 is 5.09. The molecule has 0 fully saturated rings. The lowest BCUT2D eigenvalue weighted by Crippen LogP contribution is -2.27. The average Bonchev–Trinajstić information content (AvgIpc) is 2.08. The van der Waals surface area contributed by atoms with Gasteiger partial charge in [0.05, 0.1) is 11.4 Å². The molecule has 0 atom stereocenters. The number of carbonyl (C=O) groups is 1. The molecule has 0 aromatic heterocycles. The summed E-state index contributed by atoms with van der Waals surface area (Å²) in [4.78, 5) is 11.5. The molecule has 1 aromatic rings. The molecule has 0 radical (unpaired) electrons. The van der Waals surface area contributed by atoms with Crippen LogP contribution in [0, 0.1) is 0 Å². The van der Waals surface area contributed by atoms with Gasteiger partial charge in [-0.25, -0.2) is 4.79 Å². The lowest BCUT2D eigenvalue weighted by molar-refractivity contribution is 0.0636. The predicted octanol–water partition coefficient (Wildman–Crippen LogP) is 2.20. The molecular weight excluding hydrogens is 206 g/mol. The van der Waals surface area contributed by atoms with E-state index in [9.17, 15) is 4.79 Å². The highest BCUT2D eigenvalue weighted by Gasteiger charge is 2.16. The van der Waals surface area contributed by atoms with Crippen molar-refractivity contribution in [2.45, 2.75) is 26.4 Å². The van der Waals surface area contributed by atoms with Crippen LogP contribution in [0.25, 0.3) is 0 Å². The van der Waals surface area contributed by atoms with Crippen molar-refractivity contribution in [1.29, 1.82) is 0 Å².